The second-order valence-electron chi connectivity index (χ2n) is 6.97. The van der Waals surface area contributed by atoms with E-state index in [0.29, 0.717) is 16.8 Å². The van der Waals surface area contributed by atoms with Gasteiger partial charge < -0.3 is 5.32 Å². The smallest absolute Gasteiger partial charge is 0.316 e. The molecule has 0 aliphatic rings. The molecule has 4 aromatic rings. The van der Waals surface area contributed by atoms with Crippen LogP contribution in [-0.2, 0) is 9.59 Å². The summed E-state index contributed by atoms with van der Waals surface area (Å²) >= 11 is 11.9. The Morgan fingerprint density at radius 2 is 1.68 bits per heavy atom. The third kappa shape index (κ3) is 5.31. The van der Waals surface area contributed by atoms with Gasteiger partial charge in [-0.05, 0) is 48.5 Å². The first-order valence-corrected chi connectivity index (χ1v) is 10.7. The van der Waals surface area contributed by atoms with E-state index in [-0.39, 0.29) is 21.5 Å². The number of anilines is 1. The Bertz CT molecular complexity index is 1370. The van der Waals surface area contributed by atoms with Gasteiger partial charge >= 0.3 is 11.8 Å². The Morgan fingerprint density at radius 1 is 0.941 bits per heavy atom. The highest BCUT2D eigenvalue weighted by Crippen LogP contribution is 2.29. The van der Waals surface area contributed by atoms with Gasteiger partial charge in [-0.25, -0.2) is 14.5 Å². The summed E-state index contributed by atoms with van der Waals surface area (Å²) in [6, 6.07) is 19.8. The van der Waals surface area contributed by atoms with Crippen molar-refractivity contribution < 1.29 is 14.0 Å². The van der Waals surface area contributed by atoms with Gasteiger partial charge in [-0.1, -0.05) is 47.5 Å². The first-order chi connectivity index (χ1) is 16.4. The van der Waals surface area contributed by atoms with Crippen LogP contribution in [0.15, 0.2) is 84.1 Å². The number of para-hydroxylation sites is 1. The summed E-state index contributed by atoms with van der Waals surface area (Å²) in [5.41, 5.74) is 4.86. The van der Waals surface area contributed by atoms with Crippen molar-refractivity contribution in [2.45, 2.75) is 0 Å². The van der Waals surface area contributed by atoms with Crippen molar-refractivity contribution in [3.8, 4) is 16.9 Å². The van der Waals surface area contributed by atoms with Gasteiger partial charge in [-0.3, -0.25) is 9.59 Å². The SMILES string of the molecule is O=C(N/N=C/c1cn(-c2ccccc2)nc1-c1ccc(F)cc1)C(=O)Nc1cccc(Cl)c1Cl. The van der Waals surface area contributed by atoms with Crippen molar-refractivity contribution in [2.24, 2.45) is 5.10 Å². The fraction of sp³-hybridized carbons (Fsp3) is 0. The minimum absolute atomic E-state index is 0.117. The molecule has 7 nitrogen and oxygen atoms in total. The van der Waals surface area contributed by atoms with E-state index in [4.69, 9.17) is 23.2 Å². The lowest BCUT2D eigenvalue weighted by atomic mass is 10.1. The van der Waals surface area contributed by atoms with Crippen LogP contribution in [-0.4, -0.2) is 27.8 Å². The molecule has 10 heteroatoms. The summed E-state index contributed by atoms with van der Waals surface area (Å²) in [5, 5.41) is 11.2. The fourth-order valence-electron chi connectivity index (χ4n) is 3.02. The lowest BCUT2D eigenvalue weighted by molar-refractivity contribution is -0.136. The molecule has 1 heterocycles. The van der Waals surface area contributed by atoms with E-state index < -0.39 is 11.8 Å². The largest absolute Gasteiger partial charge is 0.329 e. The Hall–Kier alpha value is -4.01. The molecule has 0 spiro atoms. The molecule has 0 bridgehead atoms. The summed E-state index contributed by atoms with van der Waals surface area (Å²) in [5.74, 6) is -2.36. The topological polar surface area (TPSA) is 88.4 Å². The van der Waals surface area contributed by atoms with Crippen molar-refractivity contribution >= 4 is 46.9 Å². The Labute approximate surface area is 203 Å². The van der Waals surface area contributed by atoms with Crippen molar-refractivity contribution in [3.63, 3.8) is 0 Å². The second-order valence-corrected chi connectivity index (χ2v) is 7.76. The first kappa shape index (κ1) is 23.2. The van der Waals surface area contributed by atoms with E-state index >= 15 is 0 Å². The Balaban J connectivity index is 1.54. The number of carbonyl (C=O) groups excluding carboxylic acids is 2. The molecule has 4 rings (SSSR count). The molecule has 2 N–H and O–H groups in total. The van der Waals surface area contributed by atoms with Crippen molar-refractivity contribution in [3.05, 3.63) is 100 Å². The van der Waals surface area contributed by atoms with Crippen LogP contribution in [0.1, 0.15) is 5.56 Å². The van der Waals surface area contributed by atoms with Gasteiger partial charge in [-0.2, -0.15) is 10.2 Å². The number of aromatic nitrogens is 2. The molecule has 0 saturated carbocycles. The molecule has 3 aromatic carbocycles. The van der Waals surface area contributed by atoms with Crippen LogP contribution in [0.25, 0.3) is 16.9 Å². The maximum atomic E-state index is 13.4. The van der Waals surface area contributed by atoms with Crippen LogP contribution >= 0.6 is 23.2 Å². The van der Waals surface area contributed by atoms with Gasteiger partial charge in [0.15, 0.2) is 0 Å². The molecule has 0 fully saturated rings. The van der Waals surface area contributed by atoms with Crippen LogP contribution in [0.2, 0.25) is 10.0 Å². The van der Waals surface area contributed by atoms with Gasteiger partial charge in [0.2, 0.25) is 0 Å². The molecular weight excluding hydrogens is 480 g/mol. The molecule has 0 aliphatic heterocycles. The monoisotopic (exact) mass is 495 g/mol. The highest BCUT2D eigenvalue weighted by molar-refractivity contribution is 6.45. The number of halogens is 3. The number of hydrazone groups is 1. The summed E-state index contributed by atoms with van der Waals surface area (Å²) < 4.78 is 15.0. The van der Waals surface area contributed by atoms with Crippen LogP contribution in [0.3, 0.4) is 0 Å². The van der Waals surface area contributed by atoms with Crippen molar-refractivity contribution in [2.75, 3.05) is 5.32 Å². The van der Waals surface area contributed by atoms with E-state index in [9.17, 15) is 14.0 Å². The zero-order valence-corrected chi connectivity index (χ0v) is 18.9. The number of amides is 2. The van der Waals surface area contributed by atoms with E-state index in [0.717, 1.165) is 5.69 Å². The molecule has 0 radical (unpaired) electrons. The molecule has 2 amide bonds. The molecule has 0 saturated heterocycles. The third-order valence-corrected chi connectivity index (χ3v) is 5.48. The number of nitrogens with one attached hydrogen (secondary N) is 2. The van der Waals surface area contributed by atoms with Gasteiger partial charge in [0.25, 0.3) is 0 Å². The highest BCUT2D eigenvalue weighted by Gasteiger charge is 2.16. The highest BCUT2D eigenvalue weighted by atomic mass is 35.5. The third-order valence-electron chi connectivity index (χ3n) is 4.66. The van der Waals surface area contributed by atoms with E-state index in [1.54, 1.807) is 35.1 Å². The average Bonchev–Trinajstić information content (AvgIpc) is 3.27. The zero-order chi connectivity index (χ0) is 24.1. The average molecular weight is 496 g/mol. The Kier molecular flexibility index (Phi) is 7.01. The second kappa shape index (κ2) is 10.3. The lowest BCUT2D eigenvalue weighted by Crippen LogP contribution is -2.32. The van der Waals surface area contributed by atoms with E-state index in [1.807, 2.05) is 30.3 Å². The number of hydrogen-bond acceptors (Lipinski definition) is 4. The quantitative estimate of drug-likeness (QED) is 0.230. The molecule has 1 aromatic heterocycles. The molecular formula is C24H16Cl2FN5O2. The fourth-order valence-corrected chi connectivity index (χ4v) is 3.37. The van der Waals surface area contributed by atoms with Crippen molar-refractivity contribution in [1.29, 1.82) is 0 Å². The summed E-state index contributed by atoms with van der Waals surface area (Å²) in [6.07, 6.45) is 3.05. The molecule has 170 valence electrons. The summed E-state index contributed by atoms with van der Waals surface area (Å²) in [4.78, 5) is 24.4. The lowest BCUT2D eigenvalue weighted by Gasteiger charge is -2.06. The minimum Gasteiger partial charge on any atom is -0.316 e. The van der Waals surface area contributed by atoms with Gasteiger partial charge in [-0.15, -0.1) is 0 Å². The maximum Gasteiger partial charge on any atom is 0.329 e. The van der Waals surface area contributed by atoms with Gasteiger partial charge in [0.1, 0.15) is 11.5 Å². The minimum atomic E-state index is -1.01. The number of benzene rings is 3. The van der Waals surface area contributed by atoms with Crippen molar-refractivity contribution in [1.82, 2.24) is 15.2 Å². The van der Waals surface area contributed by atoms with Crippen LogP contribution in [0, 0.1) is 5.82 Å². The molecule has 0 aliphatic carbocycles. The molecule has 0 atom stereocenters. The molecule has 34 heavy (non-hydrogen) atoms. The van der Waals surface area contributed by atoms with Crippen LogP contribution in [0.4, 0.5) is 10.1 Å². The Morgan fingerprint density at radius 3 is 2.41 bits per heavy atom. The van der Waals surface area contributed by atoms with E-state index in [1.165, 1.54) is 24.4 Å². The number of carbonyl (C=O) groups is 2. The zero-order valence-electron chi connectivity index (χ0n) is 17.4. The van der Waals surface area contributed by atoms with Gasteiger partial charge in [0, 0.05) is 17.3 Å². The number of hydrogen-bond donors (Lipinski definition) is 2. The summed E-state index contributed by atoms with van der Waals surface area (Å²) in [7, 11) is 0. The standard InChI is InChI=1S/C24H16Cl2FN5O2/c25-19-7-4-8-20(21(19)26)29-23(33)24(34)30-28-13-16-14-32(18-5-2-1-3-6-18)31-22(16)15-9-11-17(27)12-10-15/h1-14H,(H,29,33)(H,30,34)/b28-13+. The predicted molar refractivity (Wildman–Crippen MR) is 130 cm³/mol. The first-order valence-electron chi connectivity index (χ1n) is 9.92. The number of nitrogens with zero attached hydrogens (tertiary/aromatic N) is 3. The summed E-state index contributed by atoms with van der Waals surface area (Å²) in [6.45, 7) is 0. The van der Waals surface area contributed by atoms with Gasteiger partial charge in [0.05, 0.1) is 27.6 Å². The van der Waals surface area contributed by atoms with E-state index in [2.05, 4.69) is 20.9 Å². The van der Waals surface area contributed by atoms with Crippen LogP contribution < -0.4 is 10.7 Å². The normalized spacial score (nSPS) is 10.9. The predicted octanol–water partition coefficient (Wildman–Crippen LogP) is 5.07. The number of rotatable bonds is 5. The molecule has 0 unspecified atom stereocenters. The maximum absolute atomic E-state index is 13.4. The van der Waals surface area contributed by atoms with Crippen LogP contribution in [0.5, 0.6) is 0 Å².